The van der Waals surface area contributed by atoms with E-state index in [1.54, 1.807) is 0 Å². The highest BCUT2D eigenvalue weighted by Crippen LogP contribution is 2.30. The second kappa shape index (κ2) is 5.70. The van der Waals surface area contributed by atoms with Crippen molar-refractivity contribution in [1.82, 2.24) is 14.5 Å². The molecular formula is C17H21BrN4. The van der Waals surface area contributed by atoms with E-state index in [-0.39, 0.29) is 0 Å². The molecule has 0 bridgehead atoms. The Morgan fingerprint density at radius 1 is 1.14 bits per heavy atom. The van der Waals surface area contributed by atoms with Gasteiger partial charge in [-0.25, -0.2) is 4.98 Å². The van der Waals surface area contributed by atoms with Gasteiger partial charge in [0.25, 0.3) is 0 Å². The summed E-state index contributed by atoms with van der Waals surface area (Å²) in [6.07, 6.45) is 6.47. The van der Waals surface area contributed by atoms with E-state index in [4.69, 9.17) is 0 Å². The van der Waals surface area contributed by atoms with Crippen molar-refractivity contribution in [2.75, 3.05) is 24.5 Å². The summed E-state index contributed by atoms with van der Waals surface area (Å²) in [6.45, 7) is 6.09. The first-order valence-corrected chi connectivity index (χ1v) is 8.80. The maximum absolute atomic E-state index is 4.21. The molecule has 2 aliphatic heterocycles. The van der Waals surface area contributed by atoms with Gasteiger partial charge in [0.15, 0.2) is 0 Å². The highest BCUT2D eigenvalue weighted by molar-refractivity contribution is 9.10. The summed E-state index contributed by atoms with van der Waals surface area (Å²) in [6, 6.07) is 10.2. The summed E-state index contributed by atoms with van der Waals surface area (Å²) in [4.78, 5) is 9.40. The van der Waals surface area contributed by atoms with Gasteiger partial charge in [-0.2, -0.15) is 0 Å². The summed E-state index contributed by atoms with van der Waals surface area (Å²) in [7, 11) is 0. The minimum absolute atomic E-state index is 0.624. The van der Waals surface area contributed by atoms with Crippen LogP contribution in [0.5, 0.6) is 0 Å². The molecule has 0 unspecified atom stereocenters. The molecule has 2 fully saturated rings. The van der Waals surface area contributed by atoms with Gasteiger partial charge in [0, 0.05) is 36.2 Å². The van der Waals surface area contributed by atoms with Gasteiger partial charge in [-0.05, 0) is 73.1 Å². The van der Waals surface area contributed by atoms with Crippen LogP contribution in [0.3, 0.4) is 0 Å². The topological polar surface area (TPSA) is 24.3 Å². The van der Waals surface area contributed by atoms with Crippen molar-refractivity contribution in [1.29, 1.82) is 0 Å². The predicted octanol–water partition coefficient (Wildman–Crippen LogP) is 3.31. The molecule has 2 aliphatic rings. The van der Waals surface area contributed by atoms with Crippen LogP contribution in [-0.2, 0) is 0 Å². The SMILES string of the molecule is C[C@@H]1C[C@@H](N2CCC2)CN1c1ccc(-n2cnc(Br)c2)cc1. The second-order valence-electron chi connectivity index (χ2n) is 6.40. The molecule has 5 heteroatoms. The van der Waals surface area contributed by atoms with Crippen LogP contribution in [0.25, 0.3) is 5.69 Å². The fourth-order valence-electron chi connectivity index (χ4n) is 3.59. The van der Waals surface area contributed by atoms with Crippen molar-refractivity contribution in [2.24, 2.45) is 0 Å². The molecule has 1 aromatic carbocycles. The van der Waals surface area contributed by atoms with E-state index in [1.165, 1.54) is 31.6 Å². The molecular weight excluding hydrogens is 340 g/mol. The molecule has 2 aromatic rings. The first-order chi connectivity index (χ1) is 10.7. The van der Waals surface area contributed by atoms with Gasteiger partial charge in [-0.15, -0.1) is 0 Å². The number of hydrogen-bond acceptors (Lipinski definition) is 3. The fraction of sp³-hybridized carbons (Fsp3) is 0.471. The Bertz CT molecular complexity index is 647. The monoisotopic (exact) mass is 360 g/mol. The van der Waals surface area contributed by atoms with E-state index in [0.29, 0.717) is 6.04 Å². The zero-order valence-electron chi connectivity index (χ0n) is 12.8. The normalized spacial score (nSPS) is 25.5. The fourth-order valence-corrected chi connectivity index (χ4v) is 3.90. The van der Waals surface area contributed by atoms with E-state index in [2.05, 4.69) is 61.9 Å². The molecule has 0 saturated carbocycles. The van der Waals surface area contributed by atoms with Gasteiger partial charge < -0.3 is 9.47 Å². The van der Waals surface area contributed by atoms with Crippen LogP contribution in [0.15, 0.2) is 41.4 Å². The third kappa shape index (κ3) is 2.57. The molecule has 0 N–H and O–H groups in total. The maximum Gasteiger partial charge on any atom is 0.124 e. The second-order valence-corrected chi connectivity index (χ2v) is 7.21. The number of aromatic nitrogens is 2. The largest absolute Gasteiger partial charge is 0.367 e. The summed E-state index contributed by atoms with van der Waals surface area (Å²) >= 11 is 3.39. The summed E-state index contributed by atoms with van der Waals surface area (Å²) in [5.74, 6) is 0. The van der Waals surface area contributed by atoms with Crippen molar-refractivity contribution in [2.45, 2.75) is 31.8 Å². The average molecular weight is 361 g/mol. The highest BCUT2D eigenvalue weighted by atomic mass is 79.9. The number of hydrogen-bond donors (Lipinski definition) is 0. The van der Waals surface area contributed by atoms with Crippen LogP contribution >= 0.6 is 15.9 Å². The van der Waals surface area contributed by atoms with Crippen LogP contribution in [-0.4, -0.2) is 46.2 Å². The molecule has 2 atom stereocenters. The van der Waals surface area contributed by atoms with E-state index in [0.717, 1.165) is 22.9 Å². The Morgan fingerprint density at radius 2 is 1.86 bits per heavy atom. The zero-order chi connectivity index (χ0) is 15.1. The number of anilines is 1. The highest BCUT2D eigenvalue weighted by Gasteiger charge is 2.34. The summed E-state index contributed by atoms with van der Waals surface area (Å²) in [5, 5.41) is 0. The number of nitrogens with zero attached hydrogens (tertiary/aromatic N) is 4. The lowest BCUT2D eigenvalue weighted by atomic mass is 10.1. The third-order valence-corrected chi connectivity index (χ3v) is 5.40. The first-order valence-electron chi connectivity index (χ1n) is 8.01. The minimum atomic E-state index is 0.624. The molecule has 1 aromatic heterocycles. The lowest BCUT2D eigenvalue weighted by molar-refractivity contribution is 0.128. The molecule has 22 heavy (non-hydrogen) atoms. The van der Waals surface area contributed by atoms with Crippen molar-refractivity contribution in [3.8, 4) is 5.69 Å². The van der Waals surface area contributed by atoms with E-state index in [1.807, 2.05) is 17.1 Å². The smallest absolute Gasteiger partial charge is 0.124 e. The van der Waals surface area contributed by atoms with Crippen LogP contribution in [0.1, 0.15) is 19.8 Å². The lowest BCUT2D eigenvalue weighted by Gasteiger charge is -2.36. The van der Waals surface area contributed by atoms with E-state index < -0.39 is 0 Å². The van der Waals surface area contributed by atoms with Crippen LogP contribution < -0.4 is 4.90 Å². The molecule has 4 rings (SSSR count). The Labute approximate surface area is 139 Å². The number of likely N-dealkylation sites (tertiary alicyclic amines) is 1. The van der Waals surface area contributed by atoms with Gasteiger partial charge in [0.1, 0.15) is 10.9 Å². The maximum atomic E-state index is 4.21. The van der Waals surface area contributed by atoms with Crippen LogP contribution in [0.4, 0.5) is 5.69 Å². The molecule has 0 aliphatic carbocycles. The van der Waals surface area contributed by atoms with Gasteiger partial charge in [-0.1, -0.05) is 0 Å². The molecule has 0 amide bonds. The quantitative estimate of drug-likeness (QED) is 0.839. The van der Waals surface area contributed by atoms with Crippen LogP contribution in [0, 0.1) is 0 Å². The number of imidazole rings is 1. The minimum Gasteiger partial charge on any atom is -0.367 e. The Balaban J connectivity index is 1.50. The third-order valence-electron chi connectivity index (χ3n) is 4.99. The molecule has 0 radical (unpaired) electrons. The zero-order valence-corrected chi connectivity index (χ0v) is 14.4. The van der Waals surface area contributed by atoms with Gasteiger partial charge in [-0.3, -0.25) is 4.90 Å². The Hall–Kier alpha value is -1.33. The van der Waals surface area contributed by atoms with Crippen molar-refractivity contribution >= 4 is 21.6 Å². The number of halogens is 1. The predicted molar refractivity (Wildman–Crippen MR) is 92.7 cm³/mol. The van der Waals surface area contributed by atoms with Crippen molar-refractivity contribution < 1.29 is 0 Å². The molecule has 3 heterocycles. The molecule has 116 valence electrons. The van der Waals surface area contributed by atoms with Crippen LogP contribution in [0.2, 0.25) is 0 Å². The molecule has 4 nitrogen and oxygen atoms in total. The Kier molecular flexibility index (Phi) is 3.70. The number of rotatable bonds is 3. The molecule has 0 spiro atoms. The van der Waals surface area contributed by atoms with Gasteiger partial charge >= 0.3 is 0 Å². The van der Waals surface area contributed by atoms with Crippen molar-refractivity contribution in [3.63, 3.8) is 0 Å². The summed E-state index contributed by atoms with van der Waals surface area (Å²) in [5.41, 5.74) is 2.48. The summed E-state index contributed by atoms with van der Waals surface area (Å²) < 4.78 is 2.89. The molecule has 2 saturated heterocycles. The lowest BCUT2D eigenvalue weighted by Crippen LogP contribution is -2.46. The van der Waals surface area contributed by atoms with Gasteiger partial charge in [0.05, 0.1) is 0 Å². The first kappa shape index (κ1) is 14.3. The Morgan fingerprint density at radius 3 is 2.45 bits per heavy atom. The number of benzene rings is 1. The van der Waals surface area contributed by atoms with E-state index in [9.17, 15) is 0 Å². The van der Waals surface area contributed by atoms with E-state index >= 15 is 0 Å². The average Bonchev–Trinajstić information content (AvgIpc) is 3.04. The standard InChI is InChI=1S/C17H21BrN4/c1-13-9-16(20-7-2-8-20)10-22(13)15-5-3-14(4-6-15)21-11-17(18)19-12-21/h3-6,11-13,16H,2,7-10H2,1H3/t13-,16-/m1/s1. The van der Waals surface area contributed by atoms with Crippen molar-refractivity contribution in [3.05, 3.63) is 41.4 Å². The van der Waals surface area contributed by atoms with Gasteiger partial charge in [0.2, 0.25) is 0 Å².